The van der Waals surface area contributed by atoms with Crippen LogP contribution >= 0.6 is 0 Å². The van der Waals surface area contributed by atoms with Gasteiger partial charge in [-0.1, -0.05) is 42.5 Å². The van der Waals surface area contributed by atoms with Crippen molar-refractivity contribution in [3.63, 3.8) is 0 Å². The number of nitrogens with one attached hydrogen (secondary N) is 1. The van der Waals surface area contributed by atoms with Crippen molar-refractivity contribution in [2.45, 2.75) is 38.3 Å². The zero-order valence-electron chi connectivity index (χ0n) is 14.1. The Kier molecular flexibility index (Phi) is 5.34. The Balaban J connectivity index is 1.54. The summed E-state index contributed by atoms with van der Waals surface area (Å²) < 4.78 is 0. The molecule has 1 aliphatic carbocycles. The minimum atomic E-state index is -0.619. The summed E-state index contributed by atoms with van der Waals surface area (Å²) in [6, 6.07) is 13.8. The van der Waals surface area contributed by atoms with Crippen LogP contribution in [0, 0.1) is 0 Å². The van der Waals surface area contributed by atoms with Crippen LogP contribution in [0.3, 0.4) is 0 Å². The van der Waals surface area contributed by atoms with Crippen molar-refractivity contribution in [3.8, 4) is 5.75 Å². The second kappa shape index (κ2) is 7.65. The number of aliphatic hydroxyl groups excluding tert-OH is 1. The first-order valence-corrected chi connectivity index (χ1v) is 8.60. The quantitative estimate of drug-likeness (QED) is 0.761. The monoisotopic (exact) mass is 323 g/mol. The van der Waals surface area contributed by atoms with Crippen LogP contribution < -0.4 is 5.32 Å². The summed E-state index contributed by atoms with van der Waals surface area (Å²) in [6.07, 6.45) is 7.03. The van der Waals surface area contributed by atoms with Crippen LogP contribution in [-0.4, -0.2) is 22.8 Å². The fraction of sp³-hybridized carbons (Fsp3) is 0.333. The number of aliphatic hydroxyl groups is 1. The van der Waals surface area contributed by atoms with Crippen molar-refractivity contribution >= 4 is 6.08 Å². The number of rotatable bonds is 6. The van der Waals surface area contributed by atoms with Crippen LogP contribution in [-0.2, 0) is 12.8 Å². The van der Waals surface area contributed by atoms with Gasteiger partial charge < -0.3 is 15.5 Å². The van der Waals surface area contributed by atoms with Gasteiger partial charge in [0.1, 0.15) is 5.75 Å². The third-order valence-corrected chi connectivity index (χ3v) is 4.54. The molecule has 0 saturated heterocycles. The van der Waals surface area contributed by atoms with E-state index in [0.717, 1.165) is 24.8 Å². The zero-order valence-corrected chi connectivity index (χ0v) is 14.1. The molecular formula is C21H25NO2. The summed E-state index contributed by atoms with van der Waals surface area (Å²) in [4.78, 5) is 0. The van der Waals surface area contributed by atoms with Crippen LogP contribution in [0.15, 0.2) is 48.5 Å². The molecule has 2 atom stereocenters. The lowest BCUT2D eigenvalue weighted by atomic mass is 9.94. The van der Waals surface area contributed by atoms with Gasteiger partial charge in [-0.25, -0.2) is 0 Å². The number of hydrogen-bond donors (Lipinski definition) is 3. The molecule has 2 unspecified atom stereocenters. The molecule has 0 aromatic heterocycles. The molecule has 0 amide bonds. The number of hydrogen-bond acceptors (Lipinski definition) is 3. The highest BCUT2D eigenvalue weighted by atomic mass is 16.3. The van der Waals surface area contributed by atoms with E-state index in [2.05, 4.69) is 42.6 Å². The summed E-state index contributed by atoms with van der Waals surface area (Å²) in [6.45, 7) is 2.60. The molecule has 0 fully saturated rings. The van der Waals surface area contributed by atoms with E-state index in [9.17, 15) is 10.2 Å². The van der Waals surface area contributed by atoms with Gasteiger partial charge >= 0.3 is 0 Å². The lowest BCUT2D eigenvalue weighted by Crippen LogP contribution is -2.32. The lowest BCUT2D eigenvalue weighted by molar-refractivity contribution is 0.170. The first kappa shape index (κ1) is 16.7. The smallest absolute Gasteiger partial charge is 0.115 e. The first-order valence-electron chi connectivity index (χ1n) is 8.60. The molecule has 1 aliphatic rings. The molecule has 0 radical (unpaired) electrons. The molecule has 3 nitrogen and oxygen atoms in total. The fourth-order valence-corrected chi connectivity index (χ4v) is 3.19. The number of allylic oxidation sites excluding steroid dienone is 1. The van der Waals surface area contributed by atoms with Gasteiger partial charge in [0.05, 0.1) is 6.10 Å². The van der Waals surface area contributed by atoms with Crippen molar-refractivity contribution in [3.05, 3.63) is 70.8 Å². The Bertz CT molecular complexity index is 724. The summed E-state index contributed by atoms with van der Waals surface area (Å²) in [7, 11) is 0. The molecule has 0 saturated carbocycles. The molecule has 2 aromatic carbocycles. The average molecular weight is 323 g/mol. The largest absolute Gasteiger partial charge is 0.508 e. The topological polar surface area (TPSA) is 52.5 Å². The molecular weight excluding hydrogens is 298 g/mol. The van der Waals surface area contributed by atoms with E-state index in [4.69, 9.17) is 0 Å². The van der Waals surface area contributed by atoms with Gasteiger partial charge in [-0.2, -0.15) is 0 Å². The van der Waals surface area contributed by atoms with E-state index in [-0.39, 0.29) is 11.8 Å². The number of aryl methyl sites for hydroxylation is 1. The fourth-order valence-electron chi connectivity index (χ4n) is 3.19. The maximum atomic E-state index is 10.2. The predicted molar refractivity (Wildman–Crippen MR) is 98.0 cm³/mol. The highest BCUT2D eigenvalue weighted by Crippen LogP contribution is 2.21. The molecule has 3 rings (SSSR count). The highest BCUT2D eigenvalue weighted by Gasteiger charge is 2.11. The van der Waals surface area contributed by atoms with Crippen LogP contribution in [0.2, 0.25) is 0 Å². The standard InChI is InChI=1S/C21H25NO2/c1-15(22-14-21(24)19-7-4-8-20(23)13-19)11-16-9-10-17-5-2-3-6-18(17)12-16/h3-4,6-10,12-13,15,21-24H,2,5,11,14H2,1H3. The second-order valence-corrected chi connectivity index (χ2v) is 6.60. The molecule has 126 valence electrons. The molecule has 0 aliphatic heterocycles. The van der Waals surface area contributed by atoms with Crippen molar-refractivity contribution in [1.29, 1.82) is 0 Å². The Morgan fingerprint density at radius 2 is 2.04 bits per heavy atom. The zero-order chi connectivity index (χ0) is 16.9. The van der Waals surface area contributed by atoms with E-state index >= 15 is 0 Å². The number of phenolic OH excluding ortho intramolecular Hbond substituents is 1. The van der Waals surface area contributed by atoms with Gasteiger partial charge in [-0.15, -0.1) is 0 Å². The SMILES string of the molecule is CC(Cc1ccc2c(c1)C=CCC2)NCC(O)c1cccc(O)c1. The third-order valence-electron chi connectivity index (χ3n) is 4.54. The van der Waals surface area contributed by atoms with E-state index < -0.39 is 6.10 Å². The Labute approximate surface area is 143 Å². The summed E-state index contributed by atoms with van der Waals surface area (Å²) in [5.74, 6) is 0.182. The van der Waals surface area contributed by atoms with Crippen LogP contribution in [0.5, 0.6) is 5.75 Å². The van der Waals surface area contributed by atoms with Crippen LogP contribution in [0.1, 0.15) is 41.7 Å². The van der Waals surface area contributed by atoms with Gasteiger partial charge in [0.15, 0.2) is 0 Å². The van der Waals surface area contributed by atoms with Gasteiger partial charge in [-0.05, 0) is 60.6 Å². The van der Waals surface area contributed by atoms with Gasteiger partial charge in [-0.3, -0.25) is 0 Å². The molecule has 3 N–H and O–H groups in total. The van der Waals surface area contributed by atoms with Crippen LogP contribution in [0.25, 0.3) is 6.08 Å². The highest BCUT2D eigenvalue weighted by molar-refractivity contribution is 5.57. The normalized spacial score (nSPS) is 15.8. The number of benzene rings is 2. The van der Waals surface area contributed by atoms with Crippen LogP contribution in [0.4, 0.5) is 0 Å². The number of fused-ring (bicyclic) bond motifs is 1. The molecule has 0 spiro atoms. The Morgan fingerprint density at radius 3 is 2.88 bits per heavy atom. The number of phenols is 1. The van der Waals surface area contributed by atoms with Gasteiger partial charge in [0.25, 0.3) is 0 Å². The van der Waals surface area contributed by atoms with Crippen molar-refractivity contribution in [1.82, 2.24) is 5.32 Å². The first-order chi connectivity index (χ1) is 11.6. The molecule has 0 bridgehead atoms. The predicted octanol–water partition coefficient (Wildman–Crippen LogP) is 3.61. The van der Waals surface area contributed by atoms with E-state index in [1.165, 1.54) is 16.7 Å². The summed E-state index contributed by atoms with van der Waals surface area (Å²) in [5, 5.41) is 23.1. The molecule has 2 aromatic rings. The maximum absolute atomic E-state index is 10.2. The Hall–Kier alpha value is -2.10. The molecule has 3 heteroatoms. The van der Waals surface area contributed by atoms with E-state index in [1.807, 2.05) is 6.07 Å². The van der Waals surface area contributed by atoms with Crippen molar-refractivity contribution < 1.29 is 10.2 Å². The lowest BCUT2D eigenvalue weighted by Gasteiger charge is -2.19. The van der Waals surface area contributed by atoms with E-state index in [0.29, 0.717) is 6.54 Å². The van der Waals surface area contributed by atoms with Gasteiger partial charge in [0, 0.05) is 12.6 Å². The maximum Gasteiger partial charge on any atom is 0.115 e. The average Bonchev–Trinajstić information content (AvgIpc) is 2.59. The summed E-state index contributed by atoms with van der Waals surface area (Å²) in [5.41, 5.74) is 4.81. The van der Waals surface area contributed by atoms with Crippen molar-refractivity contribution in [2.24, 2.45) is 0 Å². The summed E-state index contributed by atoms with van der Waals surface area (Å²) >= 11 is 0. The van der Waals surface area contributed by atoms with Gasteiger partial charge in [0.2, 0.25) is 0 Å². The molecule has 0 heterocycles. The van der Waals surface area contributed by atoms with E-state index in [1.54, 1.807) is 18.2 Å². The minimum Gasteiger partial charge on any atom is -0.508 e. The molecule has 24 heavy (non-hydrogen) atoms. The Morgan fingerprint density at radius 1 is 1.17 bits per heavy atom. The van der Waals surface area contributed by atoms with Crippen molar-refractivity contribution in [2.75, 3.05) is 6.54 Å². The minimum absolute atomic E-state index is 0.182. The third kappa shape index (κ3) is 4.25. The number of aromatic hydroxyl groups is 1. The second-order valence-electron chi connectivity index (χ2n) is 6.60.